The molecule has 1 aromatic rings. The lowest BCUT2D eigenvalue weighted by molar-refractivity contribution is 0.570. The highest BCUT2D eigenvalue weighted by molar-refractivity contribution is 9.10. The largest absolute Gasteiger partial charge is 0.365 e. The smallest absolute Gasteiger partial charge is 0.0515 e. The molecule has 1 heterocycles. The van der Waals surface area contributed by atoms with Crippen molar-refractivity contribution in [2.45, 2.75) is 71.5 Å². The summed E-state index contributed by atoms with van der Waals surface area (Å²) in [5.74, 6) is 0. The number of rotatable bonds is 6. The van der Waals surface area contributed by atoms with Crippen molar-refractivity contribution in [2.75, 3.05) is 11.4 Å². The minimum Gasteiger partial charge on any atom is -0.365 e. The van der Waals surface area contributed by atoms with Gasteiger partial charge >= 0.3 is 0 Å². The fraction of sp³-hybridized carbons (Fsp3) is 0.667. The zero-order valence-electron chi connectivity index (χ0n) is 13.8. The lowest BCUT2D eigenvalue weighted by Crippen LogP contribution is -2.34. The molecule has 3 atom stereocenters. The van der Waals surface area contributed by atoms with E-state index in [0.717, 1.165) is 6.54 Å². The van der Waals surface area contributed by atoms with Crippen LogP contribution in [0.4, 0.5) is 5.69 Å². The summed E-state index contributed by atoms with van der Waals surface area (Å²) in [5.41, 5.74) is 2.72. The Balaban J connectivity index is 2.19. The van der Waals surface area contributed by atoms with E-state index in [-0.39, 0.29) is 0 Å². The number of nitrogens with one attached hydrogen (secondary N) is 1. The van der Waals surface area contributed by atoms with Gasteiger partial charge in [-0.3, -0.25) is 0 Å². The molecule has 0 amide bonds. The predicted molar refractivity (Wildman–Crippen MR) is 96.1 cm³/mol. The van der Waals surface area contributed by atoms with Crippen LogP contribution in [0.2, 0.25) is 0 Å². The van der Waals surface area contributed by atoms with Gasteiger partial charge in [-0.15, -0.1) is 0 Å². The minimum absolute atomic E-state index is 0.410. The Morgan fingerprint density at radius 2 is 2.10 bits per heavy atom. The normalized spacial score (nSPS) is 23.6. The predicted octanol–water partition coefficient (Wildman–Crippen LogP) is 5.28. The van der Waals surface area contributed by atoms with E-state index in [9.17, 15) is 0 Å². The average molecular weight is 353 g/mol. The van der Waals surface area contributed by atoms with Crippen LogP contribution in [0.5, 0.6) is 0 Å². The Labute approximate surface area is 138 Å². The number of anilines is 1. The lowest BCUT2D eigenvalue weighted by Gasteiger charge is -2.31. The Morgan fingerprint density at radius 1 is 1.33 bits per heavy atom. The Kier molecular flexibility index (Phi) is 6.12. The van der Waals surface area contributed by atoms with E-state index in [0.29, 0.717) is 18.1 Å². The van der Waals surface area contributed by atoms with Gasteiger partial charge < -0.3 is 10.2 Å². The molecule has 1 saturated heterocycles. The molecule has 3 unspecified atom stereocenters. The fourth-order valence-corrected chi connectivity index (χ4v) is 3.99. The van der Waals surface area contributed by atoms with E-state index in [4.69, 9.17) is 0 Å². The van der Waals surface area contributed by atoms with E-state index in [1.165, 1.54) is 41.4 Å². The van der Waals surface area contributed by atoms with Gasteiger partial charge in [0.05, 0.1) is 5.69 Å². The van der Waals surface area contributed by atoms with Gasteiger partial charge in [0.2, 0.25) is 0 Å². The Morgan fingerprint density at radius 3 is 2.71 bits per heavy atom. The highest BCUT2D eigenvalue weighted by Gasteiger charge is 2.30. The molecule has 0 spiro atoms. The van der Waals surface area contributed by atoms with Gasteiger partial charge in [0.1, 0.15) is 0 Å². The SMILES string of the molecule is CCCNC(C)c1ccc(N2C(C)CCC2CC)c(Br)c1. The highest BCUT2D eigenvalue weighted by atomic mass is 79.9. The maximum absolute atomic E-state index is 3.81. The molecule has 1 aromatic carbocycles. The summed E-state index contributed by atoms with van der Waals surface area (Å²) in [4.78, 5) is 2.61. The molecule has 21 heavy (non-hydrogen) atoms. The van der Waals surface area contributed by atoms with E-state index in [1.54, 1.807) is 0 Å². The molecule has 2 nitrogen and oxygen atoms in total. The first-order valence-electron chi connectivity index (χ1n) is 8.39. The summed E-state index contributed by atoms with van der Waals surface area (Å²) in [6.45, 7) is 10.2. The van der Waals surface area contributed by atoms with Crippen LogP contribution in [0.3, 0.4) is 0 Å². The van der Waals surface area contributed by atoms with Crippen LogP contribution in [0, 0.1) is 0 Å². The van der Waals surface area contributed by atoms with Crippen LogP contribution >= 0.6 is 15.9 Å². The Hall–Kier alpha value is -0.540. The van der Waals surface area contributed by atoms with Crippen LogP contribution in [0.25, 0.3) is 0 Å². The molecule has 118 valence electrons. The van der Waals surface area contributed by atoms with Crippen molar-refractivity contribution in [1.82, 2.24) is 5.32 Å². The summed E-state index contributed by atoms with van der Waals surface area (Å²) >= 11 is 3.81. The van der Waals surface area contributed by atoms with Gasteiger partial charge in [0, 0.05) is 22.6 Å². The number of hydrogen-bond donors (Lipinski definition) is 1. The van der Waals surface area contributed by atoms with Crippen molar-refractivity contribution in [1.29, 1.82) is 0 Å². The topological polar surface area (TPSA) is 15.3 Å². The van der Waals surface area contributed by atoms with Crippen molar-refractivity contribution in [3.63, 3.8) is 0 Å². The van der Waals surface area contributed by atoms with E-state index in [1.807, 2.05) is 0 Å². The summed E-state index contributed by atoms with van der Waals surface area (Å²) in [6, 6.07) is 8.62. The minimum atomic E-state index is 0.410. The number of hydrogen-bond acceptors (Lipinski definition) is 2. The summed E-state index contributed by atoms with van der Waals surface area (Å²) in [5, 5.41) is 3.56. The van der Waals surface area contributed by atoms with Crippen LogP contribution in [-0.4, -0.2) is 18.6 Å². The molecule has 3 heteroatoms. The fourth-order valence-electron chi connectivity index (χ4n) is 3.39. The molecule has 1 aliphatic heterocycles. The van der Waals surface area contributed by atoms with E-state index < -0.39 is 0 Å². The molecular weight excluding hydrogens is 324 g/mol. The molecule has 0 bridgehead atoms. The second-order valence-corrected chi connectivity index (χ2v) is 7.14. The molecule has 1 N–H and O–H groups in total. The molecule has 0 saturated carbocycles. The molecule has 0 aromatic heterocycles. The van der Waals surface area contributed by atoms with Gasteiger partial charge in [-0.05, 0) is 79.7 Å². The van der Waals surface area contributed by atoms with Crippen molar-refractivity contribution in [3.05, 3.63) is 28.2 Å². The van der Waals surface area contributed by atoms with Gasteiger partial charge in [-0.25, -0.2) is 0 Å². The number of halogens is 1. The molecule has 1 fully saturated rings. The summed E-state index contributed by atoms with van der Waals surface area (Å²) in [7, 11) is 0. The summed E-state index contributed by atoms with van der Waals surface area (Å²) in [6.07, 6.45) is 5.03. The van der Waals surface area contributed by atoms with E-state index >= 15 is 0 Å². The molecular formula is C18H29BrN2. The van der Waals surface area contributed by atoms with Gasteiger partial charge in [0.25, 0.3) is 0 Å². The third-order valence-electron chi connectivity index (χ3n) is 4.71. The third-order valence-corrected chi connectivity index (χ3v) is 5.34. The van der Waals surface area contributed by atoms with Crippen LogP contribution in [-0.2, 0) is 0 Å². The second-order valence-electron chi connectivity index (χ2n) is 6.28. The van der Waals surface area contributed by atoms with Crippen LogP contribution < -0.4 is 10.2 Å². The molecule has 2 rings (SSSR count). The van der Waals surface area contributed by atoms with Crippen molar-refractivity contribution < 1.29 is 0 Å². The maximum Gasteiger partial charge on any atom is 0.0515 e. The quantitative estimate of drug-likeness (QED) is 0.749. The summed E-state index contributed by atoms with van der Waals surface area (Å²) < 4.78 is 1.23. The van der Waals surface area contributed by atoms with Crippen molar-refractivity contribution in [3.8, 4) is 0 Å². The Bertz CT molecular complexity index is 461. The van der Waals surface area contributed by atoms with Crippen LogP contribution in [0.15, 0.2) is 22.7 Å². The van der Waals surface area contributed by atoms with Crippen LogP contribution in [0.1, 0.15) is 65.0 Å². The van der Waals surface area contributed by atoms with Gasteiger partial charge in [-0.2, -0.15) is 0 Å². The van der Waals surface area contributed by atoms with E-state index in [2.05, 4.69) is 72.0 Å². The zero-order valence-corrected chi connectivity index (χ0v) is 15.4. The molecule has 1 aliphatic rings. The molecule has 0 radical (unpaired) electrons. The number of benzene rings is 1. The first-order valence-corrected chi connectivity index (χ1v) is 9.18. The lowest BCUT2D eigenvalue weighted by atomic mass is 10.1. The standard InChI is InChI=1S/C18H29BrN2/c1-5-11-20-14(4)15-8-10-18(17(19)12-15)21-13(3)7-9-16(21)6-2/h8,10,12-14,16,20H,5-7,9,11H2,1-4H3. The van der Waals surface area contributed by atoms with Crippen molar-refractivity contribution in [2.24, 2.45) is 0 Å². The first kappa shape index (κ1) is 16.8. The second kappa shape index (κ2) is 7.64. The zero-order chi connectivity index (χ0) is 15.4. The van der Waals surface area contributed by atoms with Gasteiger partial charge in [-0.1, -0.05) is 19.9 Å². The third kappa shape index (κ3) is 3.81. The first-order chi connectivity index (χ1) is 10.1. The highest BCUT2D eigenvalue weighted by Crippen LogP contribution is 2.37. The van der Waals surface area contributed by atoms with Gasteiger partial charge in [0.15, 0.2) is 0 Å². The average Bonchev–Trinajstić information content (AvgIpc) is 2.85. The monoisotopic (exact) mass is 352 g/mol. The van der Waals surface area contributed by atoms with Crippen molar-refractivity contribution >= 4 is 21.6 Å². The molecule has 0 aliphatic carbocycles. The maximum atomic E-state index is 3.81. The number of nitrogens with zero attached hydrogens (tertiary/aromatic N) is 1.